The molecule has 3 heteroatoms. The SMILES string of the molecule is CCCCCCCCCCCC(=O)NN=C(C)c1cccc2ccccc12. The number of carbonyl (C=O) groups is 1. The van der Waals surface area contributed by atoms with Gasteiger partial charge in [0.2, 0.25) is 5.91 Å². The fourth-order valence-corrected chi connectivity index (χ4v) is 3.40. The van der Waals surface area contributed by atoms with E-state index in [4.69, 9.17) is 0 Å². The number of rotatable bonds is 12. The van der Waals surface area contributed by atoms with E-state index in [0.717, 1.165) is 29.5 Å². The predicted molar refractivity (Wildman–Crippen MR) is 116 cm³/mol. The molecule has 0 spiro atoms. The highest BCUT2D eigenvalue weighted by molar-refractivity contribution is 6.09. The first-order valence-corrected chi connectivity index (χ1v) is 10.5. The highest BCUT2D eigenvalue weighted by Gasteiger charge is 2.05. The lowest BCUT2D eigenvalue weighted by atomic mass is 10.0. The summed E-state index contributed by atoms with van der Waals surface area (Å²) < 4.78 is 0. The maximum Gasteiger partial charge on any atom is 0.240 e. The number of nitrogens with one attached hydrogen (secondary N) is 1. The lowest BCUT2D eigenvalue weighted by Gasteiger charge is -2.07. The largest absolute Gasteiger partial charge is 0.273 e. The van der Waals surface area contributed by atoms with E-state index in [0.29, 0.717) is 6.42 Å². The van der Waals surface area contributed by atoms with Crippen LogP contribution < -0.4 is 5.43 Å². The standard InChI is InChI=1S/C24H34N2O/c1-3-4-5-6-7-8-9-10-11-19-24(27)26-25-20(2)22-18-14-16-21-15-12-13-17-23(21)22/h12-18H,3-11,19H2,1-2H3,(H,26,27). The number of carbonyl (C=O) groups excluding carboxylic acids is 1. The summed E-state index contributed by atoms with van der Waals surface area (Å²) in [5, 5.41) is 6.67. The maximum absolute atomic E-state index is 12.0. The van der Waals surface area contributed by atoms with Crippen molar-refractivity contribution in [2.45, 2.75) is 78.1 Å². The molecule has 0 aliphatic heterocycles. The monoisotopic (exact) mass is 366 g/mol. The van der Waals surface area contributed by atoms with Gasteiger partial charge in [-0.15, -0.1) is 0 Å². The van der Waals surface area contributed by atoms with Gasteiger partial charge in [-0.3, -0.25) is 4.79 Å². The molecule has 0 unspecified atom stereocenters. The van der Waals surface area contributed by atoms with Gasteiger partial charge in [0.15, 0.2) is 0 Å². The number of hydrazone groups is 1. The van der Waals surface area contributed by atoms with Crippen LogP contribution in [0, 0.1) is 0 Å². The van der Waals surface area contributed by atoms with Crippen LogP contribution in [0.3, 0.4) is 0 Å². The summed E-state index contributed by atoms with van der Waals surface area (Å²) in [5.41, 5.74) is 4.63. The number of hydrogen-bond donors (Lipinski definition) is 1. The predicted octanol–water partition coefficient (Wildman–Crippen LogP) is 6.60. The third kappa shape index (κ3) is 7.54. The molecule has 0 aliphatic rings. The van der Waals surface area contributed by atoms with Crippen LogP contribution in [-0.2, 0) is 4.79 Å². The van der Waals surface area contributed by atoms with Crippen molar-refractivity contribution in [1.29, 1.82) is 0 Å². The normalized spacial score (nSPS) is 11.7. The highest BCUT2D eigenvalue weighted by atomic mass is 16.2. The molecule has 0 saturated carbocycles. The quantitative estimate of drug-likeness (QED) is 0.256. The molecule has 2 aromatic carbocycles. The minimum Gasteiger partial charge on any atom is -0.273 e. The van der Waals surface area contributed by atoms with Gasteiger partial charge in [0, 0.05) is 12.0 Å². The molecular weight excluding hydrogens is 332 g/mol. The maximum atomic E-state index is 12.0. The van der Waals surface area contributed by atoms with Crippen LogP contribution in [0.4, 0.5) is 0 Å². The lowest BCUT2D eigenvalue weighted by Crippen LogP contribution is -2.18. The third-order valence-corrected chi connectivity index (χ3v) is 5.04. The van der Waals surface area contributed by atoms with Crippen LogP contribution in [-0.4, -0.2) is 11.6 Å². The Morgan fingerprint density at radius 3 is 2.22 bits per heavy atom. The number of hydrogen-bond acceptors (Lipinski definition) is 2. The molecule has 0 radical (unpaired) electrons. The minimum atomic E-state index is 0.0116. The molecule has 0 atom stereocenters. The van der Waals surface area contributed by atoms with Crippen molar-refractivity contribution in [3.05, 3.63) is 48.0 Å². The second-order valence-electron chi connectivity index (χ2n) is 7.34. The van der Waals surface area contributed by atoms with E-state index in [2.05, 4.69) is 35.7 Å². The molecular formula is C24H34N2O. The van der Waals surface area contributed by atoms with Gasteiger partial charge in [-0.1, -0.05) is 101 Å². The van der Waals surface area contributed by atoms with Crippen LogP contribution >= 0.6 is 0 Å². The molecule has 2 rings (SSSR count). The zero-order chi connectivity index (χ0) is 19.3. The van der Waals surface area contributed by atoms with Gasteiger partial charge in [0.05, 0.1) is 5.71 Å². The first kappa shape index (κ1) is 21.1. The van der Waals surface area contributed by atoms with Gasteiger partial charge >= 0.3 is 0 Å². The second-order valence-corrected chi connectivity index (χ2v) is 7.34. The lowest BCUT2D eigenvalue weighted by molar-refractivity contribution is -0.121. The molecule has 0 fully saturated rings. The summed E-state index contributed by atoms with van der Waals surface area (Å²) in [6.45, 7) is 4.19. The topological polar surface area (TPSA) is 41.5 Å². The summed E-state index contributed by atoms with van der Waals surface area (Å²) in [6.07, 6.45) is 11.9. The number of unbranched alkanes of at least 4 members (excludes halogenated alkanes) is 8. The first-order valence-electron chi connectivity index (χ1n) is 10.5. The second kappa shape index (κ2) is 12.3. The van der Waals surface area contributed by atoms with Crippen molar-refractivity contribution in [1.82, 2.24) is 5.43 Å². The Morgan fingerprint density at radius 2 is 1.48 bits per heavy atom. The average Bonchev–Trinajstić information content (AvgIpc) is 2.70. The zero-order valence-corrected chi connectivity index (χ0v) is 17.0. The van der Waals surface area contributed by atoms with Crippen LogP contribution in [0.15, 0.2) is 47.6 Å². The van der Waals surface area contributed by atoms with E-state index in [1.54, 1.807) is 0 Å². The van der Waals surface area contributed by atoms with Gasteiger partial charge in [-0.05, 0) is 24.1 Å². The van der Waals surface area contributed by atoms with Crippen molar-refractivity contribution in [3.63, 3.8) is 0 Å². The summed E-state index contributed by atoms with van der Waals surface area (Å²) >= 11 is 0. The van der Waals surface area contributed by atoms with Gasteiger partial charge in [-0.2, -0.15) is 5.10 Å². The van der Waals surface area contributed by atoms with Crippen LogP contribution in [0.1, 0.15) is 83.6 Å². The molecule has 0 bridgehead atoms. The molecule has 0 aliphatic carbocycles. The number of fused-ring (bicyclic) bond motifs is 1. The van der Waals surface area contributed by atoms with Crippen molar-refractivity contribution in [2.24, 2.45) is 5.10 Å². The van der Waals surface area contributed by atoms with Crippen molar-refractivity contribution in [3.8, 4) is 0 Å². The Bertz CT molecular complexity index is 731. The zero-order valence-electron chi connectivity index (χ0n) is 17.0. The van der Waals surface area contributed by atoms with Gasteiger partial charge in [0.1, 0.15) is 0 Å². The Hall–Kier alpha value is -2.16. The molecule has 1 amide bonds. The van der Waals surface area contributed by atoms with Gasteiger partial charge in [-0.25, -0.2) is 5.43 Å². The molecule has 27 heavy (non-hydrogen) atoms. The summed E-state index contributed by atoms with van der Waals surface area (Å²) in [7, 11) is 0. The summed E-state index contributed by atoms with van der Waals surface area (Å²) in [5.74, 6) is 0.0116. The Balaban J connectivity index is 1.68. The Labute approximate surface area is 164 Å². The fraction of sp³-hybridized carbons (Fsp3) is 0.500. The highest BCUT2D eigenvalue weighted by Crippen LogP contribution is 2.19. The van der Waals surface area contributed by atoms with E-state index < -0.39 is 0 Å². The van der Waals surface area contributed by atoms with Crippen LogP contribution in [0.5, 0.6) is 0 Å². The van der Waals surface area contributed by atoms with E-state index in [1.165, 1.54) is 50.3 Å². The van der Waals surface area contributed by atoms with Crippen LogP contribution in [0.2, 0.25) is 0 Å². The molecule has 2 aromatic rings. The van der Waals surface area contributed by atoms with E-state index in [-0.39, 0.29) is 5.91 Å². The van der Waals surface area contributed by atoms with Gasteiger partial charge in [0.25, 0.3) is 0 Å². The molecule has 146 valence electrons. The molecule has 0 aromatic heterocycles. The minimum absolute atomic E-state index is 0.0116. The third-order valence-electron chi connectivity index (χ3n) is 5.04. The smallest absolute Gasteiger partial charge is 0.240 e. The van der Waals surface area contributed by atoms with Crippen molar-refractivity contribution >= 4 is 22.4 Å². The van der Waals surface area contributed by atoms with Crippen LogP contribution in [0.25, 0.3) is 10.8 Å². The fourth-order valence-electron chi connectivity index (χ4n) is 3.40. The summed E-state index contributed by atoms with van der Waals surface area (Å²) in [4.78, 5) is 12.0. The molecule has 3 nitrogen and oxygen atoms in total. The van der Waals surface area contributed by atoms with E-state index in [1.807, 2.05) is 31.2 Å². The molecule has 1 N–H and O–H groups in total. The van der Waals surface area contributed by atoms with Gasteiger partial charge < -0.3 is 0 Å². The first-order chi connectivity index (χ1) is 13.2. The average molecular weight is 367 g/mol. The number of benzene rings is 2. The van der Waals surface area contributed by atoms with E-state index in [9.17, 15) is 4.79 Å². The Kier molecular flexibility index (Phi) is 9.61. The van der Waals surface area contributed by atoms with Crippen molar-refractivity contribution in [2.75, 3.05) is 0 Å². The van der Waals surface area contributed by atoms with E-state index >= 15 is 0 Å². The summed E-state index contributed by atoms with van der Waals surface area (Å²) in [6, 6.07) is 14.4. The number of amides is 1. The number of nitrogens with zero attached hydrogens (tertiary/aromatic N) is 1. The molecule has 0 saturated heterocycles. The van der Waals surface area contributed by atoms with Crippen molar-refractivity contribution < 1.29 is 4.79 Å². The Morgan fingerprint density at radius 1 is 0.852 bits per heavy atom. The molecule has 0 heterocycles.